The molecule has 2 saturated carbocycles. The van der Waals surface area contributed by atoms with E-state index in [9.17, 15) is 9.59 Å². The lowest BCUT2D eigenvalue weighted by Gasteiger charge is -2.28. The molecule has 0 aromatic heterocycles. The Morgan fingerprint density at radius 2 is 0.833 bits per heavy atom. The van der Waals surface area contributed by atoms with Crippen molar-refractivity contribution >= 4 is 44.7 Å². The molecule has 210 valence electrons. The van der Waals surface area contributed by atoms with Gasteiger partial charge in [-0.15, -0.1) is 0 Å². The van der Waals surface area contributed by atoms with E-state index in [1.54, 1.807) is 0 Å². The van der Waals surface area contributed by atoms with E-state index in [2.05, 4.69) is 48.5 Å². The zero-order valence-corrected chi connectivity index (χ0v) is 24.0. The number of anilines is 2. The van der Waals surface area contributed by atoms with Crippen molar-refractivity contribution in [2.45, 2.75) is 64.2 Å². The molecule has 0 N–H and O–H groups in total. The lowest BCUT2D eigenvalue weighted by molar-refractivity contribution is -0.115. The zero-order valence-electron chi connectivity index (χ0n) is 24.0. The Morgan fingerprint density at radius 1 is 0.452 bits per heavy atom. The topological polar surface area (TPSA) is 40.6 Å². The van der Waals surface area contributed by atoms with Crippen molar-refractivity contribution in [1.29, 1.82) is 0 Å². The third-order valence-electron chi connectivity index (χ3n) is 10.1. The Kier molecular flexibility index (Phi) is 6.24. The van der Waals surface area contributed by atoms with Crippen molar-refractivity contribution in [2.24, 2.45) is 11.8 Å². The van der Waals surface area contributed by atoms with E-state index in [-0.39, 0.29) is 23.7 Å². The molecule has 8 rings (SSSR count). The van der Waals surface area contributed by atoms with Crippen molar-refractivity contribution in [3.8, 4) is 0 Å². The van der Waals surface area contributed by atoms with Crippen LogP contribution < -0.4 is 9.80 Å². The van der Waals surface area contributed by atoms with Gasteiger partial charge in [-0.3, -0.25) is 19.4 Å². The standard InChI is InChI=1S/C38H36N2O2/c41-37-33(27-15-3-1-4-16-27)35-36(40(37)32-24-12-20-26-14-8-10-22-30(26)32)34(28-17-5-2-6-18-28)38(42)39(35)31-23-11-19-25-13-7-9-21-29(25)31/h7-14,19-24,27-28H,1-6,15-18H2. The van der Waals surface area contributed by atoms with E-state index in [0.717, 1.165) is 107 Å². The molecule has 0 atom stereocenters. The first-order chi connectivity index (χ1) is 20.7. The van der Waals surface area contributed by atoms with Crippen molar-refractivity contribution in [1.82, 2.24) is 0 Å². The third-order valence-corrected chi connectivity index (χ3v) is 10.1. The van der Waals surface area contributed by atoms with Gasteiger partial charge in [0.1, 0.15) is 0 Å². The molecule has 42 heavy (non-hydrogen) atoms. The summed E-state index contributed by atoms with van der Waals surface area (Å²) in [7, 11) is 0. The smallest absolute Gasteiger partial charge is 0.261 e. The largest absolute Gasteiger partial charge is 0.274 e. The SMILES string of the molecule is O=C1C(C2CCCCC2)=C2C(=C(C3CCCCC3)C(=O)N2c2cccc3ccccc23)N1c1cccc2ccccc12. The van der Waals surface area contributed by atoms with Crippen molar-refractivity contribution in [3.63, 3.8) is 0 Å². The van der Waals surface area contributed by atoms with Gasteiger partial charge in [-0.25, -0.2) is 0 Å². The van der Waals surface area contributed by atoms with Gasteiger partial charge in [0.2, 0.25) is 0 Å². The van der Waals surface area contributed by atoms with E-state index in [4.69, 9.17) is 0 Å². The van der Waals surface area contributed by atoms with Crippen LogP contribution in [0.4, 0.5) is 11.4 Å². The van der Waals surface area contributed by atoms with Crippen LogP contribution in [0.5, 0.6) is 0 Å². The van der Waals surface area contributed by atoms with E-state index in [1.807, 2.05) is 46.2 Å². The summed E-state index contributed by atoms with van der Waals surface area (Å²) in [4.78, 5) is 33.8. The highest BCUT2D eigenvalue weighted by Gasteiger charge is 2.52. The Bertz CT molecular complexity index is 1660. The Hall–Kier alpha value is -4.18. The fraction of sp³-hybridized carbons (Fsp3) is 0.316. The molecular weight excluding hydrogens is 516 g/mol. The van der Waals surface area contributed by atoms with Gasteiger partial charge in [0, 0.05) is 21.9 Å². The van der Waals surface area contributed by atoms with Crippen LogP contribution in [0.1, 0.15) is 64.2 Å². The predicted molar refractivity (Wildman–Crippen MR) is 170 cm³/mol. The summed E-state index contributed by atoms with van der Waals surface area (Å²) in [6, 6.07) is 29.0. The summed E-state index contributed by atoms with van der Waals surface area (Å²) in [5.74, 6) is 0.447. The highest BCUT2D eigenvalue weighted by atomic mass is 16.2. The molecule has 2 aliphatic heterocycles. The predicted octanol–water partition coefficient (Wildman–Crippen LogP) is 9.06. The van der Waals surface area contributed by atoms with Crippen LogP contribution >= 0.6 is 0 Å². The van der Waals surface area contributed by atoms with Crippen LogP contribution in [0.2, 0.25) is 0 Å². The van der Waals surface area contributed by atoms with Crippen LogP contribution in [0.15, 0.2) is 107 Å². The summed E-state index contributed by atoms with van der Waals surface area (Å²) in [6.45, 7) is 0. The molecular formula is C38H36N2O2. The molecule has 2 aliphatic carbocycles. The second kappa shape index (κ2) is 10.3. The summed E-state index contributed by atoms with van der Waals surface area (Å²) >= 11 is 0. The number of benzene rings is 4. The number of rotatable bonds is 4. The van der Waals surface area contributed by atoms with Gasteiger partial charge in [-0.05, 0) is 60.4 Å². The zero-order chi connectivity index (χ0) is 28.2. The second-order valence-electron chi connectivity index (χ2n) is 12.5. The van der Waals surface area contributed by atoms with Crippen molar-refractivity contribution in [3.05, 3.63) is 107 Å². The Morgan fingerprint density at radius 3 is 1.26 bits per heavy atom. The summed E-state index contributed by atoms with van der Waals surface area (Å²) < 4.78 is 0. The van der Waals surface area contributed by atoms with Gasteiger partial charge >= 0.3 is 0 Å². The summed E-state index contributed by atoms with van der Waals surface area (Å²) in [5, 5.41) is 4.30. The molecule has 4 nitrogen and oxygen atoms in total. The minimum Gasteiger partial charge on any atom is -0.274 e. The van der Waals surface area contributed by atoms with Crippen LogP contribution in [-0.4, -0.2) is 11.8 Å². The number of hydrogen-bond donors (Lipinski definition) is 0. The molecule has 0 spiro atoms. The molecule has 4 aromatic rings. The van der Waals surface area contributed by atoms with Crippen LogP contribution in [0.3, 0.4) is 0 Å². The Balaban J connectivity index is 1.42. The van der Waals surface area contributed by atoms with Crippen molar-refractivity contribution < 1.29 is 9.59 Å². The summed E-state index contributed by atoms with van der Waals surface area (Å²) in [6.07, 6.45) is 10.9. The van der Waals surface area contributed by atoms with Crippen LogP contribution in [0, 0.1) is 11.8 Å². The molecule has 0 unspecified atom stereocenters. The molecule has 0 bridgehead atoms. The lowest BCUT2D eigenvalue weighted by Crippen LogP contribution is -2.32. The highest BCUT2D eigenvalue weighted by Crippen LogP contribution is 2.53. The molecule has 2 amide bonds. The first-order valence-electron chi connectivity index (χ1n) is 15.9. The van der Waals surface area contributed by atoms with Gasteiger partial charge in [-0.1, -0.05) is 111 Å². The maximum absolute atomic E-state index is 14.9. The third kappa shape index (κ3) is 3.88. The highest BCUT2D eigenvalue weighted by molar-refractivity contribution is 6.26. The first-order valence-corrected chi connectivity index (χ1v) is 15.9. The van der Waals surface area contributed by atoms with Crippen LogP contribution in [-0.2, 0) is 9.59 Å². The fourth-order valence-corrected chi connectivity index (χ4v) is 8.14. The minimum atomic E-state index is 0.0642. The number of fused-ring (bicyclic) bond motifs is 3. The normalized spacial score (nSPS) is 20.5. The number of nitrogens with zero attached hydrogens (tertiary/aromatic N) is 2. The van der Waals surface area contributed by atoms with Gasteiger partial charge in [0.25, 0.3) is 11.8 Å². The minimum absolute atomic E-state index is 0.0642. The van der Waals surface area contributed by atoms with Gasteiger partial charge in [-0.2, -0.15) is 0 Å². The van der Waals surface area contributed by atoms with Gasteiger partial charge in [0.05, 0.1) is 22.8 Å². The number of amides is 2. The molecule has 2 fully saturated rings. The van der Waals surface area contributed by atoms with Gasteiger partial charge in [0.15, 0.2) is 0 Å². The van der Waals surface area contributed by atoms with Gasteiger partial charge < -0.3 is 0 Å². The number of hydrogen-bond acceptors (Lipinski definition) is 2. The van der Waals surface area contributed by atoms with E-state index < -0.39 is 0 Å². The monoisotopic (exact) mass is 552 g/mol. The molecule has 4 aliphatic rings. The summed E-state index contributed by atoms with van der Waals surface area (Å²) in [5.41, 5.74) is 5.20. The van der Waals surface area contributed by atoms with Crippen molar-refractivity contribution in [2.75, 3.05) is 9.80 Å². The van der Waals surface area contributed by atoms with E-state index >= 15 is 0 Å². The fourth-order valence-electron chi connectivity index (χ4n) is 8.14. The Labute approximate surface area is 247 Å². The molecule has 0 saturated heterocycles. The quantitative estimate of drug-likeness (QED) is 0.253. The maximum atomic E-state index is 14.9. The average molecular weight is 553 g/mol. The van der Waals surface area contributed by atoms with E-state index in [1.165, 1.54) is 12.8 Å². The number of carbonyl (C=O) groups is 2. The average Bonchev–Trinajstić information content (AvgIpc) is 3.49. The molecule has 4 aromatic carbocycles. The molecule has 0 radical (unpaired) electrons. The second-order valence-corrected chi connectivity index (χ2v) is 12.5. The maximum Gasteiger partial charge on any atom is 0.261 e. The number of carbonyl (C=O) groups excluding carboxylic acids is 2. The lowest BCUT2D eigenvalue weighted by atomic mass is 9.82. The molecule has 4 heteroatoms. The van der Waals surface area contributed by atoms with Crippen LogP contribution in [0.25, 0.3) is 21.5 Å². The molecule has 2 heterocycles. The van der Waals surface area contributed by atoms with E-state index in [0.29, 0.717) is 0 Å². The first kappa shape index (κ1) is 25.5.